The van der Waals surface area contributed by atoms with Gasteiger partial charge in [-0.2, -0.15) is 0 Å². The molecule has 4 aliphatic rings. The first-order chi connectivity index (χ1) is 17.3. The Morgan fingerprint density at radius 3 is 2.64 bits per heavy atom. The van der Waals surface area contributed by atoms with E-state index in [2.05, 4.69) is 32.7 Å². The van der Waals surface area contributed by atoms with Crippen molar-refractivity contribution >= 4 is 5.97 Å². The van der Waals surface area contributed by atoms with E-state index in [1.807, 2.05) is 0 Å². The minimum atomic E-state index is -0.250. The zero-order valence-corrected chi connectivity index (χ0v) is 23.5. The van der Waals surface area contributed by atoms with E-state index in [0.29, 0.717) is 28.9 Å². The predicted molar refractivity (Wildman–Crippen MR) is 147 cm³/mol. The molecule has 0 amide bonds. The van der Waals surface area contributed by atoms with Gasteiger partial charge in [0.05, 0.1) is 12.2 Å². The van der Waals surface area contributed by atoms with Gasteiger partial charge in [-0.1, -0.05) is 53.4 Å². The highest BCUT2D eigenvalue weighted by atomic mass is 16.5. The fraction of sp³-hybridized carbons (Fsp3) is 0.818. The Kier molecular flexibility index (Phi) is 7.85. The second-order valence-electron chi connectivity index (χ2n) is 14.0. The van der Waals surface area contributed by atoms with Crippen LogP contribution in [-0.2, 0) is 4.74 Å². The van der Waals surface area contributed by atoms with Crippen molar-refractivity contribution in [1.29, 1.82) is 0 Å². The number of rotatable bonds is 8. The molecule has 0 spiro atoms. The van der Waals surface area contributed by atoms with Crippen LogP contribution in [0.2, 0.25) is 0 Å². The summed E-state index contributed by atoms with van der Waals surface area (Å²) in [6.45, 7) is 10.7. The molecule has 1 aromatic heterocycles. The zero-order valence-electron chi connectivity index (χ0n) is 23.5. The van der Waals surface area contributed by atoms with E-state index in [4.69, 9.17) is 4.74 Å². The van der Waals surface area contributed by atoms with Crippen molar-refractivity contribution < 1.29 is 9.53 Å². The van der Waals surface area contributed by atoms with Gasteiger partial charge in [-0.3, -0.25) is 4.98 Å². The smallest absolute Gasteiger partial charge is 0.339 e. The molecule has 4 fully saturated rings. The van der Waals surface area contributed by atoms with Crippen molar-refractivity contribution in [2.75, 3.05) is 6.61 Å². The lowest BCUT2D eigenvalue weighted by Gasteiger charge is -2.61. The number of carbonyl (C=O) groups excluding carboxylic acids is 1. The summed E-state index contributed by atoms with van der Waals surface area (Å²) in [6, 6.07) is 3.55. The van der Waals surface area contributed by atoms with Crippen LogP contribution in [0.25, 0.3) is 0 Å². The molecule has 2 unspecified atom stereocenters. The maximum absolute atomic E-state index is 12.2. The molecule has 5 rings (SSSR count). The van der Waals surface area contributed by atoms with Gasteiger partial charge in [0.15, 0.2) is 0 Å². The van der Waals surface area contributed by atoms with Gasteiger partial charge in [0.25, 0.3) is 0 Å². The average molecular weight is 494 g/mol. The fourth-order valence-corrected chi connectivity index (χ4v) is 10.1. The normalized spacial score (nSPS) is 39.4. The number of pyridine rings is 1. The van der Waals surface area contributed by atoms with E-state index in [-0.39, 0.29) is 5.97 Å². The molecule has 0 saturated heterocycles. The number of carbonyl (C=O) groups is 1. The number of hydrogen-bond acceptors (Lipinski definition) is 3. The van der Waals surface area contributed by atoms with Crippen molar-refractivity contribution in [3.8, 4) is 0 Å². The molecule has 0 N–H and O–H groups in total. The average Bonchev–Trinajstić information content (AvgIpc) is 3.24. The third-order valence-electron chi connectivity index (χ3n) is 12.1. The number of fused-ring (bicyclic) bond motifs is 5. The van der Waals surface area contributed by atoms with Gasteiger partial charge in [-0.15, -0.1) is 0 Å². The molecular weight excluding hydrogens is 442 g/mol. The summed E-state index contributed by atoms with van der Waals surface area (Å²) in [7, 11) is 0. The quantitative estimate of drug-likeness (QED) is 0.340. The second-order valence-corrected chi connectivity index (χ2v) is 14.0. The van der Waals surface area contributed by atoms with Gasteiger partial charge in [0, 0.05) is 12.4 Å². The molecule has 0 aromatic carbocycles. The van der Waals surface area contributed by atoms with Gasteiger partial charge in [0.1, 0.15) is 0 Å². The molecule has 3 heteroatoms. The SMILES string of the molecule is CC(CCC[C@@H](C)[C@H]1CC[C@H]2[C@@H]3CCC4CCCC[C@]4(C)[C@H]3CC[C@]12C)COC(=O)c1cccnc1. The van der Waals surface area contributed by atoms with Crippen molar-refractivity contribution in [2.45, 2.75) is 111 Å². The summed E-state index contributed by atoms with van der Waals surface area (Å²) in [5, 5.41) is 0. The van der Waals surface area contributed by atoms with Crippen LogP contribution in [-0.4, -0.2) is 17.6 Å². The van der Waals surface area contributed by atoms with Crippen LogP contribution in [0.4, 0.5) is 0 Å². The summed E-state index contributed by atoms with van der Waals surface area (Å²) in [5.74, 6) is 5.90. The van der Waals surface area contributed by atoms with Crippen LogP contribution < -0.4 is 0 Å². The Hall–Kier alpha value is -1.38. The third kappa shape index (κ3) is 4.90. The first-order valence-corrected chi connectivity index (χ1v) is 15.4. The summed E-state index contributed by atoms with van der Waals surface area (Å²) in [4.78, 5) is 16.2. The molecule has 0 aliphatic heterocycles. The van der Waals surface area contributed by atoms with Crippen molar-refractivity contribution in [2.24, 2.45) is 52.3 Å². The Morgan fingerprint density at radius 1 is 1.00 bits per heavy atom. The monoisotopic (exact) mass is 493 g/mol. The van der Waals surface area contributed by atoms with E-state index in [0.717, 1.165) is 41.9 Å². The molecule has 4 saturated carbocycles. The highest BCUT2D eigenvalue weighted by Crippen LogP contribution is 2.68. The summed E-state index contributed by atoms with van der Waals surface area (Å²) in [5.41, 5.74) is 1.77. The second kappa shape index (κ2) is 10.8. The number of hydrogen-bond donors (Lipinski definition) is 0. The number of ether oxygens (including phenoxy) is 1. The van der Waals surface area contributed by atoms with Crippen molar-refractivity contribution in [1.82, 2.24) is 4.98 Å². The molecule has 0 bridgehead atoms. The van der Waals surface area contributed by atoms with Crippen LogP contribution in [0.1, 0.15) is 122 Å². The van der Waals surface area contributed by atoms with Crippen LogP contribution in [0.5, 0.6) is 0 Å². The summed E-state index contributed by atoms with van der Waals surface area (Å²) < 4.78 is 5.55. The number of esters is 1. The zero-order chi connectivity index (χ0) is 25.3. The van der Waals surface area contributed by atoms with Crippen molar-refractivity contribution in [3.63, 3.8) is 0 Å². The molecular formula is C33H51NO2. The topological polar surface area (TPSA) is 39.2 Å². The predicted octanol–water partition coefficient (Wildman–Crippen LogP) is 8.73. The molecule has 9 atom stereocenters. The van der Waals surface area contributed by atoms with Crippen LogP contribution in [0.15, 0.2) is 24.5 Å². The van der Waals surface area contributed by atoms with Gasteiger partial charge in [-0.25, -0.2) is 4.79 Å². The molecule has 36 heavy (non-hydrogen) atoms. The Morgan fingerprint density at radius 2 is 1.83 bits per heavy atom. The van der Waals surface area contributed by atoms with Gasteiger partial charge < -0.3 is 4.74 Å². The van der Waals surface area contributed by atoms with Crippen LogP contribution in [0.3, 0.4) is 0 Å². The largest absolute Gasteiger partial charge is 0.462 e. The van der Waals surface area contributed by atoms with Crippen LogP contribution >= 0.6 is 0 Å². The lowest BCUT2D eigenvalue weighted by Crippen LogP contribution is -2.53. The maximum atomic E-state index is 12.2. The Labute approximate surface area is 220 Å². The number of nitrogens with zero attached hydrogens (tertiary/aromatic N) is 1. The molecule has 1 heterocycles. The van der Waals surface area contributed by atoms with Gasteiger partial charge >= 0.3 is 5.97 Å². The van der Waals surface area contributed by atoms with E-state index in [9.17, 15) is 4.79 Å². The number of aromatic nitrogens is 1. The molecule has 0 radical (unpaired) electrons. The lowest BCUT2D eigenvalue weighted by atomic mass is 9.44. The first-order valence-electron chi connectivity index (χ1n) is 15.4. The van der Waals surface area contributed by atoms with E-state index in [1.165, 1.54) is 77.0 Å². The molecule has 4 aliphatic carbocycles. The van der Waals surface area contributed by atoms with E-state index >= 15 is 0 Å². The standard InChI is InChI=1S/C33H51NO2/c1-23(22-36-31(35)25-11-8-20-34-21-25)9-7-10-24(2)28-15-16-29-27-14-13-26-12-5-6-18-32(26,3)30(27)17-19-33(28,29)4/h8,11,20-21,23-24,26-30H,5-7,9-10,12-19,22H2,1-4H3/t23?,24-,26?,27+,28-,29+,30+,32+,33-/m1/s1. The highest BCUT2D eigenvalue weighted by Gasteiger charge is 2.60. The minimum absolute atomic E-state index is 0.250. The van der Waals surface area contributed by atoms with E-state index < -0.39 is 0 Å². The summed E-state index contributed by atoms with van der Waals surface area (Å²) >= 11 is 0. The van der Waals surface area contributed by atoms with Gasteiger partial charge in [-0.05, 0) is 122 Å². The Bertz CT molecular complexity index is 885. The van der Waals surface area contributed by atoms with E-state index in [1.54, 1.807) is 24.5 Å². The van der Waals surface area contributed by atoms with Gasteiger partial charge in [0.2, 0.25) is 0 Å². The van der Waals surface area contributed by atoms with Crippen molar-refractivity contribution in [3.05, 3.63) is 30.1 Å². The van der Waals surface area contributed by atoms with Crippen LogP contribution in [0, 0.1) is 52.3 Å². The Balaban J connectivity index is 1.11. The minimum Gasteiger partial charge on any atom is -0.462 e. The molecule has 3 nitrogen and oxygen atoms in total. The molecule has 1 aromatic rings. The maximum Gasteiger partial charge on any atom is 0.339 e. The highest BCUT2D eigenvalue weighted by molar-refractivity contribution is 5.88. The molecule has 200 valence electrons. The lowest BCUT2D eigenvalue weighted by molar-refractivity contribution is -0.114. The third-order valence-corrected chi connectivity index (χ3v) is 12.1. The summed E-state index contributed by atoms with van der Waals surface area (Å²) in [6.07, 6.45) is 22.0. The fourth-order valence-electron chi connectivity index (χ4n) is 10.1. The first kappa shape index (κ1) is 26.2.